The lowest BCUT2D eigenvalue weighted by Gasteiger charge is -2.11. The van der Waals surface area contributed by atoms with Gasteiger partial charge in [0.2, 0.25) is 0 Å². The fourth-order valence-electron chi connectivity index (χ4n) is 2.17. The van der Waals surface area contributed by atoms with E-state index in [2.05, 4.69) is 15.5 Å². The second-order valence-electron chi connectivity index (χ2n) is 4.48. The van der Waals surface area contributed by atoms with Crippen molar-refractivity contribution >= 4 is 22.3 Å². The van der Waals surface area contributed by atoms with Gasteiger partial charge in [-0.15, -0.1) is 5.10 Å². The maximum atomic E-state index is 5.30. The standard InChI is InChI=1S/C16H15N3O2.C2H6/c1-20-14-8-7-12(9-15(14)21-2)18-16-13-6-4-3-5-11(13)10-17-19-16;1-2/h3-10H,1-2H3,(H,18,19);1-2H3. The zero-order valence-electron chi connectivity index (χ0n) is 13.8. The van der Waals surface area contributed by atoms with Crippen LogP contribution in [0.3, 0.4) is 0 Å². The van der Waals surface area contributed by atoms with Gasteiger partial charge in [-0.3, -0.25) is 0 Å². The molecule has 2 aromatic carbocycles. The summed E-state index contributed by atoms with van der Waals surface area (Å²) in [6.07, 6.45) is 1.75. The minimum absolute atomic E-state index is 0.663. The molecule has 1 aromatic heterocycles. The van der Waals surface area contributed by atoms with Gasteiger partial charge in [0.15, 0.2) is 17.3 Å². The summed E-state index contributed by atoms with van der Waals surface area (Å²) in [6, 6.07) is 13.6. The van der Waals surface area contributed by atoms with Crippen LogP contribution in [0, 0.1) is 0 Å². The van der Waals surface area contributed by atoms with Gasteiger partial charge in [-0.1, -0.05) is 38.1 Å². The van der Waals surface area contributed by atoms with Crippen molar-refractivity contribution in [2.75, 3.05) is 19.5 Å². The largest absolute Gasteiger partial charge is 0.493 e. The van der Waals surface area contributed by atoms with Crippen LogP contribution in [-0.2, 0) is 0 Å². The third kappa shape index (κ3) is 3.69. The van der Waals surface area contributed by atoms with Gasteiger partial charge < -0.3 is 14.8 Å². The lowest BCUT2D eigenvalue weighted by Crippen LogP contribution is -1.98. The van der Waals surface area contributed by atoms with Crippen LogP contribution in [0.1, 0.15) is 13.8 Å². The first-order chi connectivity index (χ1) is 11.3. The van der Waals surface area contributed by atoms with E-state index in [9.17, 15) is 0 Å². The second kappa shape index (κ2) is 7.98. The Kier molecular flexibility index (Phi) is 5.74. The van der Waals surface area contributed by atoms with E-state index in [4.69, 9.17) is 9.47 Å². The number of benzene rings is 2. The molecule has 3 rings (SSSR count). The van der Waals surface area contributed by atoms with Crippen molar-refractivity contribution in [3.63, 3.8) is 0 Å². The third-order valence-corrected chi connectivity index (χ3v) is 3.22. The average Bonchev–Trinajstić information content (AvgIpc) is 2.63. The number of fused-ring (bicyclic) bond motifs is 1. The summed E-state index contributed by atoms with van der Waals surface area (Å²) in [7, 11) is 3.22. The summed E-state index contributed by atoms with van der Waals surface area (Å²) in [6.45, 7) is 4.00. The first-order valence-electron chi connectivity index (χ1n) is 7.51. The molecule has 3 aromatic rings. The molecule has 0 radical (unpaired) electrons. The molecule has 0 atom stereocenters. The minimum atomic E-state index is 0.663. The van der Waals surface area contributed by atoms with Crippen molar-refractivity contribution in [1.29, 1.82) is 0 Å². The van der Waals surface area contributed by atoms with Crippen LogP contribution in [0.15, 0.2) is 48.7 Å². The van der Waals surface area contributed by atoms with Crippen LogP contribution in [-0.4, -0.2) is 24.4 Å². The molecule has 0 aliphatic rings. The molecule has 5 nitrogen and oxygen atoms in total. The number of ether oxygens (including phenoxy) is 2. The summed E-state index contributed by atoms with van der Waals surface area (Å²) in [5.74, 6) is 2.06. The van der Waals surface area contributed by atoms with E-state index < -0.39 is 0 Å². The summed E-state index contributed by atoms with van der Waals surface area (Å²) in [5, 5.41) is 13.5. The van der Waals surface area contributed by atoms with Gasteiger partial charge in [0.25, 0.3) is 0 Å². The topological polar surface area (TPSA) is 56.3 Å². The van der Waals surface area contributed by atoms with E-state index in [1.807, 2.05) is 56.3 Å². The molecule has 5 heteroatoms. The molecule has 1 heterocycles. The number of hydrogen-bond acceptors (Lipinski definition) is 5. The fraction of sp³-hybridized carbons (Fsp3) is 0.222. The molecule has 0 bridgehead atoms. The van der Waals surface area contributed by atoms with Crippen molar-refractivity contribution < 1.29 is 9.47 Å². The maximum Gasteiger partial charge on any atom is 0.162 e. The highest BCUT2D eigenvalue weighted by atomic mass is 16.5. The Balaban J connectivity index is 0.000000924. The van der Waals surface area contributed by atoms with Gasteiger partial charge in [-0.2, -0.15) is 5.10 Å². The minimum Gasteiger partial charge on any atom is -0.493 e. The van der Waals surface area contributed by atoms with Gasteiger partial charge in [-0.05, 0) is 12.1 Å². The van der Waals surface area contributed by atoms with Gasteiger partial charge in [-0.25, -0.2) is 0 Å². The van der Waals surface area contributed by atoms with E-state index in [-0.39, 0.29) is 0 Å². The van der Waals surface area contributed by atoms with Gasteiger partial charge >= 0.3 is 0 Å². The quantitative estimate of drug-likeness (QED) is 0.773. The molecule has 0 spiro atoms. The van der Waals surface area contributed by atoms with Crippen LogP contribution in [0.2, 0.25) is 0 Å². The number of hydrogen-bond donors (Lipinski definition) is 1. The molecule has 23 heavy (non-hydrogen) atoms. The SMILES string of the molecule is CC.COc1ccc(Nc2nncc3ccccc23)cc1OC. The molecule has 0 fully saturated rings. The number of methoxy groups -OCH3 is 2. The summed E-state index contributed by atoms with van der Waals surface area (Å²) < 4.78 is 10.5. The number of nitrogens with one attached hydrogen (secondary N) is 1. The van der Waals surface area contributed by atoms with Crippen LogP contribution in [0.4, 0.5) is 11.5 Å². The Labute approximate surface area is 136 Å². The highest BCUT2D eigenvalue weighted by molar-refractivity contribution is 5.92. The molecular formula is C18H21N3O2. The fourth-order valence-corrected chi connectivity index (χ4v) is 2.17. The van der Waals surface area contributed by atoms with E-state index in [0.29, 0.717) is 17.3 Å². The number of nitrogens with zero attached hydrogens (tertiary/aromatic N) is 2. The molecule has 0 aliphatic carbocycles. The summed E-state index contributed by atoms with van der Waals surface area (Å²) >= 11 is 0. The van der Waals surface area contributed by atoms with E-state index in [0.717, 1.165) is 16.5 Å². The van der Waals surface area contributed by atoms with Crippen LogP contribution < -0.4 is 14.8 Å². The van der Waals surface area contributed by atoms with Crippen molar-refractivity contribution in [1.82, 2.24) is 10.2 Å². The molecule has 0 amide bonds. The molecule has 120 valence electrons. The zero-order valence-corrected chi connectivity index (χ0v) is 13.8. The van der Waals surface area contributed by atoms with Crippen molar-refractivity contribution in [2.24, 2.45) is 0 Å². The Hall–Kier alpha value is -2.82. The Bertz CT molecular complexity index is 770. The predicted molar refractivity (Wildman–Crippen MR) is 93.7 cm³/mol. The van der Waals surface area contributed by atoms with Crippen molar-refractivity contribution in [3.8, 4) is 11.5 Å². The summed E-state index contributed by atoms with van der Waals surface area (Å²) in [5.41, 5.74) is 0.860. The van der Waals surface area contributed by atoms with E-state index >= 15 is 0 Å². The lowest BCUT2D eigenvalue weighted by molar-refractivity contribution is 0.355. The monoisotopic (exact) mass is 311 g/mol. The maximum absolute atomic E-state index is 5.30. The third-order valence-electron chi connectivity index (χ3n) is 3.22. The van der Waals surface area contributed by atoms with E-state index in [1.165, 1.54) is 0 Å². The normalized spacial score (nSPS) is 9.74. The number of anilines is 2. The highest BCUT2D eigenvalue weighted by Crippen LogP contribution is 2.31. The molecule has 0 unspecified atom stereocenters. The lowest BCUT2D eigenvalue weighted by atomic mass is 10.2. The van der Waals surface area contributed by atoms with Crippen LogP contribution >= 0.6 is 0 Å². The second-order valence-corrected chi connectivity index (χ2v) is 4.48. The number of aromatic nitrogens is 2. The molecule has 0 saturated heterocycles. The zero-order chi connectivity index (χ0) is 16.7. The molecule has 1 N–H and O–H groups in total. The molecule has 0 saturated carbocycles. The Morgan fingerprint density at radius 3 is 2.39 bits per heavy atom. The Morgan fingerprint density at radius 1 is 0.913 bits per heavy atom. The first-order valence-corrected chi connectivity index (χ1v) is 7.51. The van der Waals surface area contributed by atoms with Crippen molar-refractivity contribution in [3.05, 3.63) is 48.7 Å². The van der Waals surface area contributed by atoms with E-state index in [1.54, 1.807) is 20.4 Å². The first kappa shape index (κ1) is 16.5. The highest BCUT2D eigenvalue weighted by Gasteiger charge is 2.07. The predicted octanol–water partition coefficient (Wildman–Crippen LogP) is 4.42. The van der Waals surface area contributed by atoms with Crippen LogP contribution in [0.5, 0.6) is 11.5 Å². The number of rotatable bonds is 4. The van der Waals surface area contributed by atoms with Gasteiger partial charge in [0, 0.05) is 22.5 Å². The average molecular weight is 311 g/mol. The van der Waals surface area contributed by atoms with Gasteiger partial charge in [0.1, 0.15) is 0 Å². The van der Waals surface area contributed by atoms with Gasteiger partial charge in [0.05, 0.1) is 20.4 Å². The molecular weight excluding hydrogens is 290 g/mol. The summed E-state index contributed by atoms with van der Waals surface area (Å²) in [4.78, 5) is 0. The van der Waals surface area contributed by atoms with Crippen LogP contribution in [0.25, 0.3) is 10.8 Å². The smallest absolute Gasteiger partial charge is 0.162 e. The Morgan fingerprint density at radius 2 is 1.65 bits per heavy atom. The molecule has 0 aliphatic heterocycles. The van der Waals surface area contributed by atoms with Crippen molar-refractivity contribution in [2.45, 2.75) is 13.8 Å².